The molecule has 0 aliphatic carbocycles. The standard InChI is InChI=1S/C12H22O7S.3Na/c1-3-5-7-12(11(15)16,8-6-4-2)9(10(13)14)20(17,18)19;;;/h9H,3-8H2,1-2H3,(H,13,14)(H,15,16)(H,17,18,19);;;/q;3*+1/p-3. The molecule has 0 aromatic carbocycles. The van der Waals surface area contributed by atoms with Crippen LogP contribution in [0.3, 0.4) is 0 Å². The topological polar surface area (TPSA) is 137 Å². The quantitative estimate of drug-likeness (QED) is 0.273. The number of carboxylic acids is 2. The first-order valence-electron chi connectivity index (χ1n) is 6.50. The fourth-order valence-corrected chi connectivity index (χ4v) is 3.42. The summed E-state index contributed by atoms with van der Waals surface area (Å²) in [5.74, 6) is -4.01. The number of hydrogen-bond donors (Lipinski definition) is 0. The van der Waals surface area contributed by atoms with Gasteiger partial charge in [0.15, 0.2) is 0 Å². The maximum atomic E-state index is 11.4. The van der Waals surface area contributed by atoms with Crippen molar-refractivity contribution in [2.24, 2.45) is 5.41 Å². The average molecular weight is 376 g/mol. The molecule has 0 aromatic rings. The van der Waals surface area contributed by atoms with Crippen molar-refractivity contribution >= 4 is 22.1 Å². The second-order valence-corrected chi connectivity index (χ2v) is 6.30. The predicted molar refractivity (Wildman–Crippen MR) is 65.0 cm³/mol. The van der Waals surface area contributed by atoms with Gasteiger partial charge in [-0.2, -0.15) is 0 Å². The van der Waals surface area contributed by atoms with Crippen LogP contribution < -0.4 is 98.9 Å². The fraction of sp³-hybridized carbons (Fsp3) is 0.833. The molecule has 23 heavy (non-hydrogen) atoms. The zero-order valence-corrected chi connectivity index (χ0v) is 21.4. The third-order valence-corrected chi connectivity index (χ3v) is 4.59. The number of carbonyl (C=O) groups is 2. The van der Waals surface area contributed by atoms with Crippen LogP contribution >= 0.6 is 0 Å². The summed E-state index contributed by atoms with van der Waals surface area (Å²) in [5.41, 5.74) is -2.23. The Labute approximate surface area is 204 Å². The van der Waals surface area contributed by atoms with Gasteiger partial charge in [-0.1, -0.05) is 39.5 Å². The third kappa shape index (κ3) is 9.94. The molecule has 0 N–H and O–H groups in total. The van der Waals surface area contributed by atoms with E-state index in [2.05, 4.69) is 0 Å². The Morgan fingerprint density at radius 2 is 1.30 bits per heavy atom. The van der Waals surface area contributed by atoms with Gasteiger partial charge in [-0.15, -0.1) is 0 Å². The Kier molecular flexibility index (Phi) is 21.2. The molecule has 0 aliphatic heterocycles. The molecule has 1 atom stereocenters. The van der Waals surface area contributed by atoms with Gasteiger partial charge in [-0.3, -0.25) is 0 Å². The molecular formula is C12H19Na3O7S. The second-order valence-electron chi connectivity index (χ2n) is 4.84. The number of hydrogen-bond acceptors (Lipinski definition) is 7. The molecule has 0 saturated carbocycles. The van der Waals surface area contributed by atoms with Crippen molar-refractivity contribution < 1.29 is 121 Å². The molecular weight excluding hydrogens is 357 g/mol. The van der Waals surface area contributed by atoms with Crippen LogP contribution in [0.4, 0.5) is 0 Å². The van der Waals surface area contributed by atoms with E-state index in [1.807, 2.05) is 0 Å². The van der Waals surface area contributed by atoms with Gasteiger partial charge in [-0.25, -0.2) is 8.42 Å². The molecule has 118 valence electrons. The number of unbranched alkanes of at least 4 members (excludes halogenated alkanes) is 2. The monoisotopic (exact) mass is 376 g/mol. The van der Waals surface area contributed by atoms with Gasteiger partial charge < -0.3 is 24.4 Å². The number of carboxylic acid groups (broad SMARTS) is 2. The van der Waals surface area contributed by atoms with E-state index in [0.29, 0.717) is 12.8 Å². The van der Waals surface area contributed by atoms with Gasteiger partial charge in [0, 0.05) is 11.4 Å². The van der Waals surface area contributed by atoms with Crippen LogP contribution in [0, 0.1) is 5.41 Å². The summed E-state index contributed by atoms with van der Waals surface area (Å²) in [6, 6.07) is 0. The van der Waals surface area contributed by atoms with Crippen LogP contribution in [0.25, 0.3) is 0 Å². The fourth-order valence-electron chi connectivity index (χ4n) is 2.30. The zero-order chi connectivity index (χ0) is 16.0. The Morgan fingerprint density at radius 3 is 1.48 bits per heavy atom. The van der Waals surface area contributed by atoms with Crippen molar-refractivity contribution in [2.75, 3.05) is 0 Å². The normalized spacial score (nSPS) is 12.1. The van der Waals surface area contributed by atoms with Crippen LogP contribution in [-0.2, 0) is 19.7 Å². The number of rotatable bonds is 10. The summed E-state index contributed by atoms with van der Waals surface area (Å²) >= 11 is 0. The van der Waals surface area contributed by atoms with Gasteiger partial charge in [0.1, 0.15) is 10.1 Å². The molecule has 0 aliphatic rings. The first-order valence-corrected chi connectivity index (χ1v) is 7.97. The first-order chi connectivity index (χ1) is 9.13. The van der Waals surface area contributed by atoms with E-state index in [9.17, 15) is 32.8 Å². The van der Waals surface area contributed by atoms with Crippen LogP contribution in [-0.4, -0.2) is 30.2 Å². The van der Waals surface area contributed by atoms with Crippen molar-refractivity contribution in [2.45, 2.75) is 57.6 Å². The van der Waals surface area contributed by atoms with Gasteiger partial charge >= 0.3 is 88.7 Å². The molecule has 1 unspecified atom stereocenters. The molecule has 0 radical (unpaired) electrons. The van der Waals surface area contributed by atoms with E-state index in [1.54, 1.807) is 13.8 Å². The maximum absolute atomic E-state index is 11.4. The first kappa shape index (κ1) is 32.5. The van der Waals surface area contributed by atoms with Gasteiger partial charge in [0.2, 0.25) is 0 Å². The van der Waals surface area contributed by atoms with Crippen LogP contribution in [0.5, 0.6) is 0 Å². The van der Waals surface area contributed by atoms with Crippen molar-refractivity contribution in [3.63, 3.8) is 0 Å². The molecule has 7 nitrogen and oxygen atoms in total. The van der Waals surface area contributed by atoms with Crippen LogP contribution in [0.15, 0.2) is 0 Å². The van der Waals surface area contributed by atoms with E-state index in [-0.39, 0.29) is 114 Å². The van der Waals surface area contributed by atoms with Crippen molar-refractivity contribution in [1.82, 2.24) is 0 Å². The third-order valence-electron chi connectivity index (χ3n) is 3.36. The maximum Gasteiger partial charge on any atom is 1.00 e. The summed E-state index contributed by atoms with van der Waals surface area (Å²) in [6.45, 7) is 3.47. The van der Waals surface area contributed by atoms with Crippen LogP contribution in [0.1, 0.15) is 52.4 Å². The Balaban J connectivity index is -0.000000602. The number of carbonyl (C=O) groups excluding carboxylic acids is 2. The molecule has 0 saturated heterocycles. The van der Waals surface area contributed by atoms with Crippen molar-refractivity contribution in [3.05, 3.63) is 0 Å². The molecule has 0 amide bonds. The summed E-state index contributed by atoms with van der Waals surface area (Å²) in [5, 5.41) is 19.8. The smallest absolute Gasteiger partial charge is 0.747 e. The van der Waals surface area contributed by atoms with Crippen molar-refractivity contribution in [1.29, 1.82) is 0 Å². The van der Waals surface area contributed by atoms with Gasteiger partial charge in [-0.05, 0) is 12.8 Å². The van der Waals surface area contributed by atoms with E-state index in [0.717, 1.165) is 0 Å². The van der Waals surface area contributed by atoms with E-state index >= 15 is 0 Å². The Bertz CT molecular complexity index is 446. The van der Waals surface area contributed by atoms with Gasteiger partial charge in [0.25, 0.3) is 0 Å². The summed E-state index contributed by atoms with van der Waals surface area (Å²) in [7, 11) is -5.36. The predicted octanol–water partition coefficient (Wildman–Crippen LogP) is -10.2. The van der Waals surface area contributed by atoms with E-state index in [1.165, 1.54) is 0 Å². The molecule has 0 bridgehead atoms. The summed E-state index contributed by atoms with van der Waals surface area (Å²) < 4.78 is 33.5. The zero-order valence-electron chi connectivity index (χ0n) is 14.6. The molecule has 11 heteroatoms. The molecule has 0 heterocycles. The van der Waals surface area contributed by atoms with Crippen molar-refractivity contribution in [3.8, 4) is 0 Å². The number of aliphatic carboxylic acids is 2. The van der Waals surface area contributed by atoms with E-state index in [4.69, 9.17) is 0 Å². The minimum absolute atomic E-state index is 0. The minimum atomic E-state index is -5.36. The molecule has 0 spiro atoms. The van der Waals surface area contributed by atoms with Gasteiger partial charge in [0.05, 0.1) is 11.2 Å². The average Bonchev–Trinajstić information content (AvgIpc) is 2.29. The summed E-state index contributed by atoms with van der Waals surface area (Å²) in [4.78, 5) is 22.5. The molecule has 0 rings (SSSR count). The minimum Gasteiger partial charge on any atom is -0.747 e. The Morgan fingerprint density at radius 1 is 0.957 bits per heavy atom. The molecule has 0 aromatic heterocycles. The SMILES string of the molecule is CCCCC(CCCC)(C(=O)[O-])C(C(=O)[O-])S(=O)(=O)[O-].[Na+].[Na+].[Na+]. The summed E-state index contributed by atoms with van der Waals surface area (Å²) in [6.07, 6.45) is 1.12. The largest absolute Gasteiger partial charge is 1.00 e. The van der Waals surface area contributed by atoms with Crippen LogP contribution in [0.2, 0.25) is 0 Å². The second kappa shape index (κ2) is 15.0. The van der Waals surface area contributed by atoms with E-state index < -0.39 is 32.7 Å². The Hall–Kier alpha value is 1.85. The molecule has 0 fully saturated rings.